The summed E-state index contributed by atoms with van der Waals surface area (Å²) < 4.78 is 4.48. The first kappa shape index (κ1) is 29.3. The molecular weight excluding hydrogens is 565 g/mol. The van der Waals surface area contributed by atoms with Crippen LogP contribution in [0.2, 0.25) is 0 Å². The summed E-state index contributed by atoms with van der Waals surface area (Å²) in [5.74, 6) is 0.0920. The van der Waals surface area contributed by atoms with E-state index in [4.69, 9.17) is 4.99 Å². The maximum atomic E-state index is 14.2. The lowest BCUT2D eigenvalue weighted by Gasteiger charge is -2.25. The van der Waals surface area contributed by atoms with Gasteiger partial charge < -0.3 is 9.88 Å². The molecule has 1 aliphatic heterocycles. The average molecular weight is 601 g/mol. The SMILES string of the molecule is CC1=C(C(=O)Nc2ccccc2)[C@@H](c2ccc(C(C)C)cc2)n2c(s/c(=C/c3cc(C)n(-c4cccc(C)c4)c3C)c2=O)=N1. The quantitative estimate of drug-likeness (QED) is 0.235. The molecule has 0 aliphatic carbocycles. The van der Waals surface area contributed by atoms with E-state index in [1.54, 1.807) is 4.57 Å². The molecule has 3 aromatic carbocycles. The molecule has 0 radical (unpaired) electrons. The van der Waals surface area contributed by atoms with E-state index >= 15 is 0 Å². The Morgan fingerprint density at radius 2 is 1.66 bits per heavy atom. The van der Waals surface area contributed by atoms with Gasteiger partial charge in [-0.15, -0.1) is 0 Å². The number of carbonyl (C=O) groups is 1. The molecule has 1 amide bonds. The number of hydrogen-bond acceptors (Lipinski definition) is 4. The van der Waals surface area contributed by atoms with E-state index in [9.17, 15) is 9.59 Å². The van der Waals surface area contributed by atoms with Crippen molar-refractivity contribution >= 4 is 29.0 Å². The van der Waals surface area contributed by atoms with E-state index in [0.29, 0.717) is 32.2 Å². The highest BCUT2D eigenvalue weighted by Gasteiger charge is 2.32. The predicted octanol–water partition coefficient (Wildman–Crippen LogP) is 6.71. The summed E-state index contributed by atoms with van der Waals surface area (Å²) in [6.45, 7) is 12.4. The fourth-order valence-electron chi connectivity index (χ4n) is 5.95. The smallest absolute Gasteiger partial charge is 0.271 e. The number of carbonyl (C=O) groups excluding carboxylic acids is 1. The van der Waals surface area contributed by atoms with Crippen LogP contribution in [0.1, 0.15) is 66.4 Å². The highest BCUT2D eigenvalue weighted by molar-refractivity contribution is 7.07. The third-order valence-corrected chi connectivity index (χ3v) is 9.22. The van der Waals surface area contributed by atoms with E-state index in [0.717, 1.165) is 28.2 Å². The topological polar surface area (TPSA) is 68.4 Å². The van der Waals surface area contributed by atoms with Gasteiger partial charge >= 0.3 is 0 Å². The summed E-state index contributed by atoms with van der Waals surface area (Å²) in [5, 5.41) is 3.02. The molecule has 5 aromatic rings. The Morgan fingerprint density at radius 1 is 0.932 bits per heavy atom. The molecule has 6 nitrogen and oxygen atoms in total. The number of hydrogen-bond donors (Lipinski definition) is 1. The van der Waals surface area contributed by atoms with Crippen molar-refractivity contribution in [2.24, 2.45) is 4.99 Å². The predicted molar refractivity (Wildman–Crippen MR) is 179 cm³/mol. The van der Waals surface area contributed by atoms with Crippen LogP contribution in [0.25, 0.3) is 11.8 Å². The molecule has 6 rings (SSSR count). The molecule has 222 valence electrons. The Balaban J connectivity index is 1.49. The van der Waals surface area contributed by atoms with E-state index in [1.807, 2.05) is 55.5 Å². The highest BCUT2D eigenvalue weighted by Crippen LogP contribution is 2.32. The summed E-state index contributed by atoms with van der Waals surface area (Å²) in [5.41, 5.74) is 9.05. The van der Waals surface area contributed by atoms with Crippen LogP contribution >= 0.6 is 11.3 Å². The first-order valence-corrected chi connectivity index (χ1v) is 15.7. The average Bonchev–Trinajstić information content (AvgIpc) is 3.46. The lowest BCUT2D eigenvalue weighted by Crippen LogP contribution is -2.40. The minimum atomic E-state index is -0.613. The molecule has 0 saturated carbocycles. The third-order valence-electron chi connectivity index (χ3n) is 8.23. The van der Waals surface area contributed by atoms with Crippen molar-refractivity contribution in [3.05, 3.63) is 150 Å². The van der Waals surface area contributed by atoms with E-state index in [-0.39, 0.29) is 11.5 Å². The minimum Gasteiger partial charge on any atom is -0.322 e. The van der Waals surface area contributed by atoms with E-state index in [1.165, 1.54) is 22.5 Å². The maximum Gasteiger partial charge on any atom is 0.271 e. The zero-order valence-corrected chi connectivity index (χ0v) is 26.7. The van der Waals surface area contributed by atoms with Gasteiger partial charge in [0.05, 0.1) is 21.8 Å². The van der Waals surface area contributed by atoms with Crippen LogP contribution < -0.4 is 20.2 Å². The number of anilines is 1. The summed E-state index contributed by atoms with van der Waals surface area (Å²) in [4.78, 5) is 33.5. The fourth-order valence-corrected chi connectivity index (χ4v) is 6.99. The summed E-state index contributed by atoms with van der Waals surface area (Å²) in [7, 11) is 0. The second-order valence-corrected chi connectivity index (χ2v) is 12.7. The van der Waals surface area contributed by atoms with Crippen LogP contribution in [0.3, 0.4) is 0 Å². The number of amides is 1. The number of rotatable bonds is 6. The number of nitrogens with zero attached hydrogens (tertiary/aromatic N) is 3. The Labute approximate surface area is 261 Å². The molecule has 0 unspecified atom stereocenters. The Morgan fingerprint density at radius 3 is 2.34 bits per heavy atom. The number of thiazole rings is 1. The molecular formula is C37H36N4O2S. The molecule has 2 aromatic heterocycles. The fraction of sp³-hybridized carbons (Fsp3) is 0.216. The van der Waals surface area contributed by atoms with Crippen molar-refractivity contribution < 1.29 is 4.79 Å². The van der Waals surface area contributed by atoms with Gasteiger partial charge in [-0.2, -0.15) is 0 Å². The van der Waals surface area contributed by atoms with Crippen LogP contribution in [0, 0.1) is 20.8 Å². The van der Waals surface area contributed by atoms with Gasteiger partial charge in [-0.25, -0.2) is 4.99 Å². The van der Waals surface area contributed by atoms with Crippen LogP contribution in [0.15, 0.2) is 106 Å². The number of para-hydroxylation sites is 1. The first-order valence-electron chi connectivity index (χ1n) is 14.9. The second kappa shape index (κ2) is 11.7. The number of nitrogens with one attached hydrogen (secondary N) is 1. The van der Waals surface area contributed by atoms with Crippen molar-refractivity contribution in [3.8, 4) is 5.69 Å². The second-order valence-electron chi connectivity index (χ2n) is 11.7. The van der Waals surface area contributed by atoms with Crippen LogP contribution in [-0.2, 0) is 4.79 Å². The Hall–Kier alpha value is -4.75. The third kappa shape index (κ3) is 5.40. The monoisotopic (exact) mass is 600 g/mol. The highest BCUT2D eigenvalue weighted by atomic mass is 32.1. The van der Waals surface area contributed by atoms with E-state index in [2.05, 4.69) is 87.0 Å². The normalized spacial score (nSPS) is 15.0. The summed E-state index contributed by atoms with van der Waals surface area (Å²) in [6.07, 6.45) is 1.96. The molecule has 1 aliphatic rings. The van der Waals surface area contributed by atoms with Crippen molar-refractivity contribution in [2.45, 2.75) is 53.5 Å². The first-order chi connectivity index (χ1) is 21.1. The summed E-state index contributed by atoms with van der Waals surface area (Å²) in [6, 6.07) is 27.5. The number of aryl methyl sites for hydroxylation is 2. The van der Waals surface area contributed by atoms with Crippen molar-refractivity contribution in [2.75, 3.05) is 5.32 Å². The molecule has 0 saturated heterocycles. The number of benzene rings is 3. The van der Waals surface area contributed by atoms with Gasteiger partial charge in [0.2, 0.25) is 0 Å². The zero-order chi connectivity index (χ0) is 31.1. The van der Waals surface area contributed by atoms with Gasteiger partial charge in [-0.1, -0.05) is 79.8 Å². The van der Waals surface area contributed by atoms with Crippen molar-refractivity contribution in [3.63, 3.8) is 0 Å². The Bertz CT molecular complexity index is 2100. The van der Waals surface area contributed by atoms with Gasteiger partial charge in [0.25, 0.3) is 11.5 Å². The maximum absolute atomic E-state index is 14.2. The van der Waals surface area contributed by atoms with Crippen molar-refractivity contribution in [1.82, 2.24) is 9.13 Å². The zero-order valence-electron chi connectivity index (χ0n) is 25.9. The lowest BCUT2D eigenvalue weighted by molar-refractivity contribution is -0.113. The lowest BCUT2D eigenvalue weighted by atomic mass is 9.93. The number of allylic oxidation sites excluding steroid dienone is 1. The largest absolute Gasteiger partial charge is 0.322 e. The number of aromatic nitrogens is 2. The van der Waals surface area contributed by atoms with E-state index < -0.39 is 6.04 Å². The van der Waals surface area contributed by atoms with Crippen molar-refractivity contribution in [1.29, 1.82) is 0 Å². The van der Waals surface area contributed by atoms with Crippen LogP contribution in [0.5, 0.6) is 0 Å². The Kier molecular flexibility index (Phi) is 7.82. The minimum absolute atomic E-state index is 0.162. The molecule has 1 atom stereocenters. The number of fused-ring (bicyclic) bond motifs is 1. The molecule has 7 heteroatoms. The van der Waals surface area contributed by atoms with Crippen LogP contribution in [-0.4, -0.2) is 15.0 Å². The van der Waals surface area contributed by atoms with Gasteiger partial charge in [-0.05, 0) is 92.3 Å². The van der Waals surface area contributed by atoms with Gasteiger partial charge in [0.15, 0.2) is 4.80 Å². The van der Waals surface area contributed by atoms with Gasteiger partial charge in [-0.3, -0.25) is 14.2 Å². The molecule has 1 N–H and O–H groups in total. The molecule has 0 bridgehead atoms. The molecule has 0 fully saturated rings. The molecule has 3 heterocycles. The summed E-state index contributed by atoms with van der Waals surface area (Å²) >= 11 is 1.36. The molecule has 0 spiro atoms. The standard InChI is InChI=1S/C37H36N4O2S/c1-22(2)27-15-17-28(18-16-27)34-33(35(42)39-30-12-8-7-9-13-30)25(5)38-37-41(34)36(43)32(44-37)21-29-20-24(4)40(26(29)6)31-14-10-11-23(3)19-31/h7-22,34H,1-6H3,(H,39,42)/b32-21+/t34-/m1/s1. The van der Waals surface area contributed by atoms with Gasteiger partial charge in [0, 0.05) is 22.8 Å². The molecule has 44 heavy (non-hydrogen) atoms. The van der Waals surface area contributed by atoms with Gasteiger partial charge in [0.1, 0.15) is 0 Å². The van der Waals surface area contributed by atoms with Crippen LogP contribution in [0.4, 0.5) is 5.69 Å².